The first-order chi connectivity index (χ1) is 14.4. The fraction of sp³-hybridized carbons (Fsp3) is 0.429. The van der Waals surface area contributed by atoms with Gasteiger partial charge in [0.15, 0.2) is 5.65 Å². The Morgan fingerprint density at radius 3 is 2.80 bits per heavy atom. The van der Waals surface area contributed by atoms with Crippen LogP contribution >= 0.6 is 0 Å². The quantitative estimate of drug-likeness (QED) is 0.672. The average Bonchev–Trinajstić information content (AvgIpc) is 3.44. The molecule has 0 bridgehead atoms. The number of fused-ring (bicyclic) bond motifs is 1. The van der Waals surface area contributed by atoms with Crippen LogP contribution in [0.15, 0.2) is 34.9 Å². The van der Waals surface area contributed by atoms with Crippen LogP contribution in [0.5, 0.6) is 0 Å². The molecule has 0 aromatic carbocycles. The summed E-state index contributed by atoms with van der Waals surface area (Å²) >= 11 is 0. The van der Waals surface area contributed by atoms with Crippen molar-refractivity contribution in [3.63, 3.8) is 0 Å². The van der Waals surface area contributed by atoms with Crippen LogP contribution in [0, 0.1) is 6.92 Å². The second kappa shape index (κ2) is 8.17. The van der Waals surface area contributed by atoms with Crippen molar-refractivity contribution in [2.24, 2.45) is 0 Å². The predicted molar refractivity (Wildman–Crippen MR) is 110 cm³/mol. The van der Waals surface area contributed by atoms with Crippen molar-refractivity contribution in [1.82, 2.24) is 30.1 Å². The molecule has 9 heteroatoms. The number of furan rings is 1. The summed E-state index contributed by atoms with van der Waals surface area (Å²) in [7, 11) is 0. The van der Waals surface area contributed by atoms with Crippen LogP contribution in [0.1, 0.15) is 53.9 Å². The number of carbonyl (C=O) groups excluding carboxylic acids is 2. The summed E-state index contributed by atoms with van der Waals surface area (Å²) in [4.78, 5) is 26.7. The van der Waals surface area contributed by atoms with Crippen LogP contribution in [0.2, 0.25) is 0 Å². The Kier molecular flexibility index (Phi) is 5.43. The lowest BCUT2D eigenvalue weighted by Crippen LogP contribution is -2.41. The fourth-order valence-electron chi connectivity index (χ4n) is 3.66. The van der Waals surface area contributed by atoms with Gasteiger partial charge < -0.3 is 20.0 Å². The molecule has 158 valence electrons. The molecule has 4 rings (SSSR count). The van der Waals surface area contributed by atoms with E-state index in [-0.39, 0.29) is 23.9 Å². The number of aromatic nitrogens is 3. The molecular formula is C21H26N6O3. The molecule has 1 unspecified atom stereocenters. The third kappa shape index (κ3) is 4.14. The van der Waals surface area contributed by atoms with Crippen LogP contribution in [-0.4, -0.2) is 50.6 Å². The standard InChI is InChI=1S/C21H26N6O3/c1-13(2)23-21(29)26-9-8-15(11-26)19-25-24-18-7-5-16(12-27(18)19)20(28)22-10-17-6-4-14(3)30-17/h4-7,12-13,15H,8-11H2,1-3H3,(H,22,28)(H,23,29). The number of rotatable bonds is 5. The van der Waals surface area contributed by atoms with Crippen molar-refractivity contribution < 1.29 is 14.0 Å². The molecule has 1 atom stereocenters. The van der Waals surface area contributed by atoms with Gasteiger partial charge in [-0.1, -0.05) is 0 Å². The van der Waals surface area contributed by atoms with E-state index in [4.69, 9.17) is 4.42 Å². The zero-order chi connectivity index (χ0) is 21.3. The first-order valence-corrected chi connectivity index (χ1v) is 10.1. The number of nitrogens with zero attached hydrogens (tertiary/aromatic N) is 4. The monoisotopic (exact) mass is 410 g/mol. The molecule has 3 aromatic heterocycles. The number of amides is 3. The zero-order valence-electron chi connectivity index (χ0n) is 17.4. The van der Waals surface area contributed by atoms with Crippen LogP contribution in [0.3, 0.4) is 0 Å². The maximum atomic E-state index is 12.6. The molecule has 0 spiro atoms. The molecule has 1 saturated heterocycles. The first-order valence-electron chi connectivity index (χ1n) is 10.1. The van der Waals surface area contributed by atoms with Gasteiger partial charge in [-0.05, 0) is 51.5 Å². The van der Waals surface area contributed by atoms with Crippen LogP contribution in [-0.2, 0) is 6.54 Å². The maximum Gasteiger partial charge on any atom is 0.317 e. The van der Waals surface area contributed by atoms with Crippen LogP contribution < -0.4 is 10.6 Å². The Balaban J connectivity index is 1.48. The van der Waals surface area contributed by atoms with Gasteiger partial charge in [0.05, 0.1) is 12.1 Å². The highest BCUT2D eigenvalue weighted by atomic mass is 16.3. The lowest BCUT2D eigenvalue weighted by Gasteiger charge is -2.18. The molecule has 0 saturated carbocycles. The molecule has 1 fully saturated rings. The second-order valence-electron chi connectivity index (χ2n) is 7.94. The number of carbonyl (C=O) groups is 2. The highest BCUT2D eigenvalue weighted by molar-refractivity contribution is 5.94. The first kappa shape index (κ1) is 19.9. The van der Waals surface area contributed by atoms with Gasteiger partial charge in [0.2, 0.25) is 0 Å². The van der Waals surface area contributed by atoms with E-state index in [1.807, 2.05) is 37.3 Å². The number of aryl methyl sites for hydroxylation is 1. The molecule has 4 heterocycles. The summed E-state index contributed by atoms with van der Waals surface area (Å²) in [6, 6.07) is 7.25. The Labute approximate surface area is 174 Å². The van der Waals surface area contributed by atoms with E-state index < -0.39 is 0 Å². The van der Waals surface area contributed by atoms with Crippen LogP contribution in [0.4, 0.5) is 4.79 Å². The van der Waals surface area contributed by atoms with Gasteiger partial charge in [-0.15, -0.1) is 10.2 Å². The number of likely N-dealkylation sites (tertiary alicyclic amines) is 1. The van der Waals surface area contributed by atoms with Crippen molar-refractivity contribution in [3.05, 3.63) is 53.4 Å². The van der Waals surface area contributed by atoms with Crippen molar-refractivity contribution in [2.45, 2.75) is 45.7 Å². The Morgan fingerprint density at radius 1 is 1.23 bits per heavy atom. The Hall–Kier alpha value is -3.36. The van der Waals surface area contributed by atoms with E-state index in [1.54, 1.807) is 23.2 Å². The van der Waals surface area contributed by atoms with Crippen molar-refractivity contribution in [1.29, 1.82) is 0 Å². The summed E-state index contributed by atoms with van der Waals surface area (Å²) in [6.45, 7) is 7.31. The topological polar surface area (TPSA) is 105 Å². The molecule has 30 heavy (non-hydrogen) atoms. The lowest BCUT2D eigenvalue weighted by molar-refractivity contribution is 0.0947. The number of hydrogen-bond acceptors (Lipinski definition) is 5. The summed E-state index contributed by atoms with van der Waals surface area (Å²) in [6.07, 6.45) is 2.56. The smallest absolute Gasteiger partial charge is 0.317 e. The molecule has 3 aromatic rings. The summed E-state index contributed by atoms with van der Waals surface area (Å²) < 4.78 is 7.34. The van der Waals surface area contributed by atoms with Crippen molar-refractivity contribution >= 4 is 17.6 Å². The van der Waals surface area contributed by atoms with Gasteiger partial charge in [-0.25, -0.2) is 4.79 Å². The van der Waals surface area contributed by atoms with Gasteiger partial charge in [0.25, 0.3) is 5.91 Å². The largest absolute Gasteiger partial charge is 0.465 e. The van der Waals surface area contributed by atoms with Gasteiger partial charge in [0, 0.05) is 31.2 Å². The fourth-order valence-corrected chi connectivity index (χ4v) is 3.66. The minimum Gasteiger partial charge on any atom is -0.465 e. The third-order valence-electron chi connectivity index (χ3n) is 5.16. The van der Waals surface area contributed by atoms with Gasteiger partial charge in [-0.2, -0.15) is 0 Å². The predicted octanol–water partition coefficient (Wildman–Crippen LogP) is 2.47. The van der Waals surface area contributed by atoms with Crippen LogP contribution in [0.25, 0.3) is 5.65 Å². The molecule has 0 aliphatic carbocycles. The Morgan fingerprint density at radius 2 is 2.07 bits per heavy atom. The van der Waals surface area contributed by atoms with E-state index in [1.165, 1.54) is 0 Å². The molecule has 2 N–H and O–H groups in total. The molecule has 1 aliphatic rings. The third-order valence-corrected chi connectivity index (χ3v) is 5.16. The van der Waals surface area contributed by atoms with E-state index in [0.29, 0.717) is 36.6 Å². The molecular weight excluding hydrogens is 384 g/mol. The normalized spacial score (nSPS) is 16.4. The lowest BCUT2D eigenvalue weighted by atomic mass is 10.1. The highest BCUT2D eigenvalue weighted by Gasteiger charge is 2.30. The van der Waals surface area contributed by atoms with E-state index in [2.05, 4.69) is 20.8 Å². The van der Waals surface area contributed by atoms with Gasteiger partial charge in [-0.3, -0.25) is 9.20 Å². The Bertz CT molecular complexity index is 1070. The minimum atomic E-state index is -0.199. The second-order valence-corrected chi connectivity index (χ2v) is 7.94. The number of urea groups is 1. The molecule has 3 amide bonds. The minimum absolute atomic E-state index is 0.0606. The summed E-state index contributed by atoms with van der Waals surface area (Å²) in [5.41, 5.74) is 1.19. The van der Waals surface area contributed by atoms with E-state index >= 15 is 0 Å². The summed E-state index contributed by atoms with van der Waals surface area (Å²) in [5, 5.41) is 14.4. The zero-order valence-corrected chi connectivity index (χ0v) is 17.4. The number of pyridine rings is 1. The molecule has 9 nitrogen and oxygen atoms in total. The molecule has 1 aliphatic heterocycles. The average molecular weight is 410 g/mol. The molecule has 0 radical (unpaired) electrons. The maximum absolute atomic E-state index is 12.6. The SMILES string of the molecule is Cc1ccc(CNC(=O)c2ccc3nnc(C4CCN(C(=O)NC(C)C)C4)n3c2)o1. The van der Waals surface area contributed by atoms with E-state index in [0.717, 1.165) is 18.0 Å². The van der Waals surface area contributed by atoms with E-state index in [9.17, 15) is 9.59 Å². The van der Waals surface area contributed by atoms with Crippen molar-refractivity contribution in [3.8, 4) is 0 Å². The van der Waals surface area contributed by atoms with Gasteiger partial charge in [0.1, 0.15) is 17.3 Å². The summed E-state index contributed by atoms with van der Waals surface area (Å²) in [5.74, 6) is 2.15. The highest BCUT2D eigenvalue weighted by Crippen LogP contribution is 2.26. The number of nitrogens with one attached hydrogen (secondary N) is 2. The van der Waals surface area contributed by atoms with Crippen molar-refractivity contribution in [2.75, 3.05) is 13.1 Å². The van der Waals surface area contributed by atoms with Gasteiger partial charge >= 0.3 is 6.03 Å². The number of hydrogen-bond donors (Lipinski definition) is 2.